The van der Waals surface area contributed by atoms with Crippen LogP contribution in [0.1, 0.15) is 79.4 Å². The summed E-state index contributed by atoms with van der Waals surface area (Å²) in [5.74, 6) is 0.381. The number of Topliss-reactive ketones (excluding diaryl/α,β-unsaturated/α-hetero) is 1. The van der Waals surface area contributed by atoms with E-state index in [1.165, 1.54) is 18.9 Å². The number of nitrogens with one attached hydrogen (secondary N) is 3. The number of alkyl carbamates (subject to hydrolysis) is 1. The van der Waals surface area contributed by atoms with E-state index >= 15 is 0 Å². The highest BCUT2D eigenvalue weighted by Gasteiger charge is 2.12. The number of nitrogens with zero attached hydrogens (tertiary/aromatic N) is 1. The molecule has 44 heavy (non-hydrogen) atoms. The van der Waals surface area contributed by atoms with Gasteiger partial charge in [-0.05, 0) is 31.0 Å². The predicted octanol–water partition coefficient (Wildman–Crippen LogP) is 5.66. The molecule has 2 rings (SSSR count). The molecule has 0 bridgehead atoms. The maximum absolute atomic E-state index is 11.7. The van der Waals surface area contributed by atoms with Crippen LogP contribution in [0.4, 0.5) is 9.59 Å². The van der Waals surface area contributed by atoms with Crippen molar-refractivity contribution in [3.63, 3.8) is 0 Å². The van der Waals surface area contributed by atoms with E-state index in [4.69, 9.17) is 37.5 Å². The van der Waals surface area contributed by atoms with Gasteiger partial charge < -0.3 is 36.9 Å². The van der Waals surface area contributed by atoms with Crippen molar-refractivity contribution in [3.8, 4) is 5.75 Å². The molecule has 0 spiro atoms. The van der Waals surface area contributed by atoms with Crippen LogP contribution in [0.2, 0.25) is 0 Å². The lowest BCUT2D eigenvalue weighted by molar-refractivity contribution is -0.115. The number of nitrogen functional groups attached to an aromatic ring is 1. The molecule has 0 unspecified atom stereocenters. The minimum absolute atomic E-state index is 0.00208. The number of carbonyl (C=O) groups is 3. The standard InChI is InChI=1S/C16H24N4O4.C7H8N2.C3H7NO.3C2H6/c1-3-4-9-19-15(21)23-11-12-5-7-13(8-6-12)24-16(22)20(2)10-14(17)18;8-7(9)6-4-2-1-3-5-6;1-3(5)2-4;3*1-2/h5-8H,3-4,9-11H2,1-2H3,(H3,17,18)(H,19,21);1-5H,(H3,8,9);2,4H2,1H3;3*1-2H3. The molecule has 0 atom stereocenters. The highest BCUT2D eigenvalue weighted by molar-refractivity contribution is 5.94. The lowest BCUT2D eigenvalue weighted by atomic mass is 10.2. The lowest BCUT2D eigenvalue weighted by Crippen LogP contribution is -2.36. The second-order valence-corrected chi connectivity index (χ2v) is 7.94. The Bertz CT molecular complexity index is 1020. The zero-order valence-corrected chi connectivity index (χ0v) is 28.2. The molecule has 9 N–H and O–H groups in total. The molecule has 0 aromatic heterocycles. The smallest absolute Gasteiger partial charge is 0.415 e. The first kappa shape index (κ1) is 46.5. The maximum atomic E-state index is 11.7. The van der Waals surface area contributed by atoms with Gasteiger partial charge in [0.15, 0.2) is 0 Å². The molecule has 12 heteroatoms. The summed E-state index contributed by atoms with van der Waals surface area (Å²) in [4.78, 5) is 34.1. The Balaban J connectivity index is -0.000000326. The van der Waals surface area contributed by atoms with Gasteiger partial charge in [-0.15, -0.1) is 0 Å². The summed E-state index contributed by atoms with van der Waals surface area (Å²) in [7, 11) is 1.49. The second-order valence-electron chi connectivity index (χ2n) is 7.94. The van der Waals surface area contributed by atoms with Gasteiger partial charge in [0.1, 0.15) is 29.8 Å². The van der Waals surface area contributed by atoms with E-state index in [0.29, 0.717) is 12.3 Å². The van der Waals surface area contributed by atoms with Gasteiger partial charge in [-0.2, -0.15) is 0 Å². The van der Waals surface area contributed by atoms with Crippen molar-refractivity contribution in [3.05, 3.63) is 65.7 Å². The van der Waals surface area contributed by atoms with Crippen LogP contribution in [0.25, 0.3) is 0 Å². The molecular formula is C32H57N7O5. The number of nitrogens with two attached hydrogens (primary N) is 3. The molecule has 0 aliphatic rings. The van der Waals surface area contributed by atoms with Crippen LogP contribution < -0.4 is 27.3 Å². The van der Waals surface area contributed by atoms with Crippen LogP contribution in [0, 0.1) is 10.8 Å². The molecular weight excluding hydrogens is 562 g/mol. The zero-order chi connectivity index (χ0) is 34.9. The number of hydrogen-bond acceptors (Lipinski definition) is 8. The molecule has 2 aromatic rings. The summed E-state index contributed by atoms with van der Waals surface area (Å²) in [6.45, 7) is 16.4. The van der Waals surface area contributed by atoms with E-state index in [9.17, 15) is 14.4 Å². The molecule has 0 heterocycles. The van der Waals surface area contributed by atoms with E-state index in [1.54, 1.807) is 24.3 Å². The first-order chi connectivity index (χ1) is 21.0. The molecule has 0 radical (unpaired) electrons. The Morgan fingerprint density at radius 1 is 0.886 bits per heavy atom. The van der Waals surface area contributed by atoms with E-state index < -0.39 is 12.2 Å². The number of hydrogen-bond donors (Lipinski definition) is 6. The lowest BCUT2D eigenvalue weighted by Gasteiger charge is -2.15. The average Bonchev–Trinajstić information content (AvgIpc) is 3.04. The highest BCUT2D eigenvalue weighted by atomic mass is 16.6. The summed E-state index contributed by atoms with van der Waals surface area (Å²) >= 11 is 0. The van der Waals surface area contributed by atoms with Crippen molar-refractivity contribution in [2.24, 2.45) is 17.2 Å². The van der Waals surface area contributed by atoms with Crippen molar-refractivity contribution in [2.75, 3.05) is 26.7 Å². The quantitative estimate of drug-likeness (QED) is 0.111. The van der Waals surface area contributed by atoms with Crippen LogP contribution in [-0.4, -0.2) is 61.2 Å². The first-order valence-electron chi connectivity index (χ1n) is 14.8. The number of amidine groups is 2. The van der Waals surface area contributed by atoms with Crippen LogP contribution in [-0.2, 0) is 16.1 Å². The molecule has 0 aliphatic heterocycles. The number of rotatable bonds is 10. The van der Waals surface area contributed by atoms with E-state index in [2.05, 4.69) is 5.32 Å². The minimum atomic E-state index is -0.607. The van der Waals surface area contributed by atoms with Gasteiger partial charge in [0.05, 0.1) is 13.1 Å². The third-order valence-electron chi connectivity index (χ3n) is 4.39. The third kappa shape index (κ3) is 29.1. The maximum Gasteiger partial charge on any atom is 0.415 e. The largest absolute Gasteiger partial charge is 0.445 e. The highest BCUT2D eigenvalue weighted by Crippen LogP contribution is 2.14. The van der Waals surface area contributed by atoms with Gasteiger partial charge in [-0.25, -0.2) is 9.59 Å². The summed E-state index contributed by atoms with van der Waals surface area (Å²) in [5.41, 5.74) is 16.8. The Morgan fingerprint density at radius 2 is 1.39 bits per heavy atom. The number of amides is 2. The summed E-state index contributed by atoms with van der Waals surface area (Å²) in [6, 6.07) is 15.8. The fraction of sp³-hybridized carbons (Fsp3) is 0.469. The van der Waals surface area contributed by atoms with Crippen molar-refractivity contribution >= 4 is 29.6 Å². The molecule has 12 nitrogen and oxygen atoms in total. The number of likely N-dealkylation sites (N-methyl/N-ethyl adjacent to an activating group) is 1. The SMILES string of the molecule is CC.CC.CC.CC(=O)CN.CCCCNC(=O)OCc1ccc(OC(=O)N(C)CC(=N)N)cc1.N=C(N)c1ccccc1. The summed E-state index contributed by atoms with van der Waals surface area (Å²) in [5, 5.41) is 16.8. The molecule has 2 amide bonds. The van der Waals surface area contributed by atoms with Crippen LogP contribution >= 0.6 is 0 Å². The van der Waals surface area contributed by atoms with E-state index in [1.807, 2.05) is 78.8 Å². The average molecular weight is 620 g/mol. The van der Waals surface area contributed by atoms with Gasteiger partial charge in [-0.1, -0.05) is 97.4 Å². The Labute approximate surface area is 264 Å². The van der Waals surface area contributed by atoms with Gasteiger partial charge in [0.25, 0.3) is 0 Å². The van der Waals surface area contributed by atoms with Crippen LogP contribution in [0.15, 0.2) is 54.6 Å². The normalized spacial score (nSPS) is 8.50. The fourth-order valence-electron chi connectivity index (χ4n) is 2.34. The zero-order valence-electron chi connectivity index (χ0n) is 28.2. The predicted molar refractivity (Wildman–Crippen MR) is 181 cm³/mol. The Hall–Kier alpha value is -4.45. The van der Waals surface area contributed by atoms with Crippen LogP contribution in [0.3, 0.4) is 0 Å². The van der Waals surface area contributed by atoms with Crippen molar-refractivity contribution in [1.29, 1.82) is 10.8 Å². The third-order valence-corrected chi connectivity index (χ3v) is 4.39. The number of unbranched alkanes of at least 4 members (excludes halogenated alkanes) is 1. The molecule has 250 valence electrons. The molecule has 0 saturated heterocycles. The number of ketones is 1. The fourth-order valence-corrected chi connectivity index (χ4v) is 2.34. The molecule has 0 saturated carbocycles. The van der Waals surface area contributed by atoms with Gasteiger partial charge in [0, 0.05) is 19.2 Å². The van der Waals surface area contributed by atoms with Crippen molar-refractivity contribution in [1.82, 2.24) is 10.2 Å². The molecule has 2 aromatic carbocycles. The van der Waals surface area contributed by atoms with Crippen molar-refractivity contribution in [2.45, 2.75) is 74.8 Å². The van der Waals surface area contributed by atoms with Gasteiger partial charge in [-0.3, -0.25) is 15.6 Å². The minimum Gasteiger partial charge on any atom is -0.445 e. The number of ether oxygens (including phenoxy) is 2. The Morgan fingerprint density at radius 3 is 1.77 bits per heavy atom. The monoisotopic (exact) mass is 619 g/mol. The second kappa shape index (κ2) is 33.1. The topological polar surface area (TPSA) is 211 Å². The number of carbonyl (C=O) groups excluding carboxylic acids is 3. The van der Waals surface area contributed by atoms with Gasteiger partial charge in [0.2, 0.25) is 0 Å². The van der Waals surface area contributed by atoms with E-state index in [-0.39, 0.29) is 37.2 Å². The first-order valence-corrected chi connectivity index (χ1v) is 14.8. The van der Waals surface area contributed by atoms with Gasteiger partial charge >= 0.3 is 12.2 Å². The summed E-state index contributed by atoms with van der Waals surface area (Å²) < 4.78 is 10.2. The molecule has 0 fully saturated rings. The summed E-state index contributed by atoms with van der Waals surface area (Å²) in [6.07, 6.45) is 0.851. The van der Waals surface area contributed by atoms with E-state index in [0.717, 1.165) is 24.0 Å². The Kier molecular flexibility index (Phi) is 34.9. The van der Waals surface area contributed by atoms with Crippen molar-refractivity contribution < 1.29 is 23.9 Å². The molecule has 0 aliphatic carbocycles. The van der Waals surface area contributed by atoms with Crippen LogP contribution in [0.5, 0.6) is 5.75 Å². The number of benzene rings is 2.